The van der Waals surface area contributed by atoms with Gasteiger partial charge in [-0.1, -0.05) is 60.7 Å². The number of alkyl carbamates (subject to hydrolysis) is 1. The fourth-order valence-electron chi connectivity index (χ4n) is 3.72. The van der Waals surface area contributed by atoms with E-state index in [1.165, 1.54) is 19.1 Å². The number of aliphatic imine (C=N–C) groups is 1. The monoisotopic (exact) mass is 576 g/mol. The number of nitrogens with two attached hydrogens (primary N) is 2. The zero-order valence-corrected chi connectivity index (χ0v) is 22.4. The summed E-state index contributed by atoms with van der Waals surface area (Å²) in [5, 5.41) is 15.9. The molecule has 41 heavy (non-hydrogen) atoms. The lowest BCUT2D eigenvalue weighted by Gasteiger charge is -2.33. The van der Waals surface area contributed by atoms with Gasteiger partial charge in [0.2, 0.25) is 5.91 Å². The Hall–Kier alpha value is -4.75. The molecule has 3 atom stereocenters. The topological polar surface area (TPSA) is 198 Å². The first-order chi connectivity index (χ1) is 19.4. The average molecular weight is 577 g/mol. The van der Waals surface area contributed by atoms with Gasteiger partial charge in [-0.25, -0.2) is 18.4 Å². The van der Waals surface area contributed by atoms with Crippen molar-refractivity contribution in [3.63, 3.8) is 0 Å². The average Bonchev–Trinajstić information content (AvgIpc) is 2.93. The summed E-state index contributed by atoms with van der Waals surface area (Å²) in [7, 11) is 0. The predicted octanol–water partition coefficient (Wildman–Crippen LogP) is 1.29. The van der Waals surface area contributed by atoms with Crippen LogP contribution in [0.5, 0.6) is 0 Å². The molecule has 0 aliphatic heterocycles. The maximum atomic E-state index is 14.7. The molecule has 8 N–H and O–H groups in total. The number of hydrogen-bond acceptors (Lipinski definition) is 6. The number of rotatable bonds is 15. The molecule has 0 bridgehead atoms. The molecule has 2 aromatic carbocycles. The largest absolute Gasteiger partial charge is 0.480 e. The highest BCUT2D eigenvalue weighted by Gasteiger charge is 2.50. The number of nitrogens with zero attached hydrogens (tertiary/aromatic N) is 1. The van der Waals surface area contributed by atoms with E-state index in [0.717, 1.165) is 0 Å². The zero-order chi connectivity index (χ0) is 30.4. The minimum atomic E-state index is -3.43. The van der Waals surface area contributed by atoms with E-state index >= 15 is 0 Å². The van der Waals surface area contributed by atoms with Crippen LogP contribution in [0.25, 0.3) is 0 Å². The van der Waals surface area contributed by atoms with E-state index in [2.05, 4.69) is 15.6 Å². The third kappa shape index (κ3) is 10.4. The number of carbonyl (C=O) groups excluding carboxylic acids is 3. The molecular weight excluding hydrogens is 542 g/mol. The molecule has 3 amide bonds. The standard InChI is InChI=1S/C27H34F2N6O6/c1-17(21(36)34-20(22(37)38)13-8-14-32-25(30)31)33-24(39)27(23(28)29,15-18-9-4-2-5-10-18)35-26(40)41-16-19-11-6-3-7-12-19/h2-7,9-12,17,20,23H,8,13-16H2,1H3,(H,33,39)(H,34,36)(H,35,40)(H,37,38)(H4,30,31,32)/t17-,20-,27-/m0/s1. The van der Waals surface area contributed by atoms with Crippen molar-refractivity contribution in [3.05, 3.63) is 71.8 Å². The van der Waals surface area contributed by atoms with Gasteiger partial charge in [0.15, 0.2) is 11.5 Å². The Balaban J connectivity index is 2.19. The van der Waals surface area contributed by atoms with Crippen molar-refractivity contribution in [3.8, 4) is 0 Å². The second-order valence-corrected chi connectivity index (χ2v) is 9.16. The van der Waals surface area contributed by atoms with Gasteiger partial charge in [-0.05, 0) is 30.9 Å². The van der Waals surface area contributed by atoms with Crippen molar-refractivity contribution in [1.29, 1.82) is 0 Å². The van der Waals surface area contributed by atoms with Crippen molar-refractivity contribution < 1.29 is 37.8 Å². The summed E-state index contributed by atoms with van der Waals surface area (Å²) >= 11 is 0. The van der Waals surface area contributed by atoms with Crippen LogP contribution in [0, 0.1) is 0 Å². The number of hydrogen-bond donors (Lipinski definition) is 6. The van der Waals surface area contributed by atoms with E-state index < -0.39 is 54.3 Å². The molecule has 222 valence electrons. The fourth-order valence-corrected chi connectivity index (χ4v) is 3.72. The number of amides is 3. The van der Waals surface area contributed by atoms with E-state index in [1.54, 1.807) is 48.5 Å². The third-order valence-corrected chi connectivity index (χ3v) is 5.94. The van der Waals surface area contributed by atoms with E-state index in [9.17, 15) is 33.1 Å². The second kappa shape index (κ2) is 15.7. The SMILES string of the molecule is C[C@H](NC(=O)[C@@](Cc1ccccc1)(NC(=O)OCc1ccccc1)C(F)F)C(=O)N[C@@H](CCCN=C(N)N)C(=O)O. The highest BCUT2D eigenvalue weighted by Crippen LogP contribution is 2.23. The van der Waals surface area contributed by atoms with Crippen LogP contribution in [0.1, 0.15) is 30.9 Å². The number of guanidine groups is 1. The Morgan fingerprint density at radius 3 is 2.10 bits per heavy atom. The van der Waals surface area contributed by atoms with Crippen LogP contribution in [-0.2, 0) is 32.1 Å². The number of halogens is 2. The molecule has 0 aliphatic rings. The van der Waals surface area contributed by atoms with Gasteiger partial charge in [-0.2, -0.15) is 0 Å². The van der Waals surface area contributed by atoms with Crippen molar-refractivity contribution in [2.75, 3.05) is 6.54 Å². The van der Waals surface area contributed by atoms with Gasteiger partial charge in [0, 0.05) is 13.0 Å². The molecule has 0 spiro atoms. The van der Waals surface area contributed by atoms with Gasteiger partial charge in [-0.15, -0.1) is 0 Å². The van der Waals surface area contributed by atoms with Gasteiger partial charge in [0.25, 0.3) is 12.3 Å². The van der Waals surface area contributed by atoms with Crippen LogP contribution >= 0.6 is 0 Å². The summed E-state index contributed by atoms with van der Waals surface area (Å²) < 4.78 is 34.4. The van der Waals surface area contributed by atoms with Crippen molar-refractivity contribution in [2.24, 2.45) is 16.5 Å². The molecule has 14 heteroatoms. The number of carbonyl (C=O) groups is 4. The van der Waals surface area contributed by atoms with Crippen LogP contribution in [0.15, 0.2) is 65.7 Å². The van der Waals surface area contributed by atoms with Crippen molar-refractivity contribution in [1.82, 2.24) is 16.0 Å². The van der Waals surface area contributed by atoms with Crippen LogP contribution in [0.4, 0.5) is 13.6 Å². The number of carboxylic acid groups (broad SMARTS) is 1. The first-order valence-electron chi connectivity index (χ1n) is 12.6. The minimum absolute atomic E-state index is 0.0394. The number of alkyl halides is 2. The summed E-state index contributed by atoms with van der Waals surface area (Å²) in [6, 6.07) is 13.5. The molecule has 0 heterocycles. The predicted molar refractivity (Wildman–Crippen MR) is 146 cm³/mol. The van der Waals surface area contributed by atoms with Gasteiger partial charge in [0.1, 0.15) is 18.7 Å². The van der Waals surface area contributed by atoms with Crippen molar-refractivity contribution in [2.45, 2.75) is 56.8 Å². The Morgan fingerprint density at radius 1 is 0.976 bits per heavy atom. The highest BCUT2D eigenvalue weighted by molar-refractivity contribution is 5.95. The Bertz CT molecular complexity index is 1200. The number of nitrogens with one attached hydrogen (secondary N) is 3. The fraction of sp³-hybridized carbons (Fsp3) is 0.370. The molecule has 2 aromatic rings. The lowest BCUT2D eigenvalue weighted by molar-refractivity contribution is -0.142. The van der Waals surface area contributed by atoms with Crippen molar-refractivity contribution >= 4 is 29.8 Å². The first kappa shape index (κ1) is 32.5. The molecule has 0 aromatic heterocycles. The van der Waals surface area contributed by atoms with Gasteiger partial charge >= 0.3 is 12.1 Å². The number of aliphatic carboxylic acids is 1. The van der Waals surface area contributed by atoms with Crippen LogP contribution in [-0.4, -0.2) is 65.5 Å². The number of carboxylic acids is 1. The van der Waals surface area contributed by atoms with E-state index in [0.29, 0.717) is 11.1 Å². The van der Waals surface area contributed by atoms with Gasteiger partial charge in [0.05, 0.1) is 0 Å². The van der Waals surface area contributed by atoms with E-state index in [-0.39, 0.29) is 32.0 Å². The summed E-state index contributed by atoms with van der Waals surface area (Å²) in [4.78, 5) is 54.0. The molecule has 12 nitrogen and oxygen atoms in total. The summed E-state index contributed by atoms with van der Waals surface area (Å²) in [6.07, 6.45) is -5.15. The highest BCUT2D eigenvalue weighted by atomic mass is 19.3. The Kier molecular flexibility index (Phi) is 12.5. The summed E-state index contributed by atoms with van der Waals surface area (Å²) in [5.74, 6) is -3.83. The molecule has 0 unspecified atom stereocenters. The van der Waals surface area contributed by atoms with Gasteiger partial charge in [-0.3, -0.25) is 14.6 Å². The lowest BCUT2D eigenvalue weighted by Crippen LogP contribution is -2.66. The maximum Gasteiger partial charge on any atom is 0.408 e. The van der Waals surface area contributed by atoms with Gasteiger partial charge < -0.3 is 37.3 Å². The minimum Gasteiger partial charge on any atom is -0.480 e. The molecule has 0 aliphatic carbocycles. The molecule has 0 fully saturated rings. The quantitative estimate of drug-likeness (QED) is 0.103. The Morgan fingerprint density at radius 2 is 1.56 bits per heavy atom. The normalized spacial score (nSPS) is 13.7. The second-order valence-electron chi connectivity index (χ2n) is 9.16. The molecule has 2 rings (SSSR count). The molecule has 0 saturated heterocycles. The number of ether oxygens (including phenoxy) is 1. The summed E-state index contributed by atoms with van der Waals surface area (Å²) in [6.45, 7) is 1.08. The van der Waals surface area contributed by atoms with Crippen LogP contribution < -0.4 is 27.4 Å². The smallest absolute Gasteiger partial charge is 0.408 e. The third-order valence-electron chi connectivity index (χ3n) is 5.94. The first-order valence-corrected chi connectivity index (χ1v) is 12.6. The van der Waals surface area contributed by atoms with Crippen LogP contribution in [0.3, 0.4) is 0 Å². The summed E-state index contributed by atoms with van der Waals surface area (Å²) in [5.41, 5.74) is 8.53. The maximum absolute atomic E-state index is 14.7. The molecular formula is C27H34F2N6O6. The Labute approximate surface area is 235 Å². The zero-order valence-electron chi connectivity index (χ0n) is 22.4. The molecule has 0 radical (unpaired) electrons. The lowest BCUT2D eigenvalue weighted by atomic mass is 9.89. The van der Waals surface area contributed by atoms with E-state index in [4.69, 9.17) is 16.2 Å². The molecule has 0 saturated carbocycles. The van der Waals surface area contributed by atoms with Crippen LogP contribution in [0.2, 0.25) is 0 Å². The number of benzene rings is 2. The van der Waals surface area contributed by atoms with E-state index in [1.807, 2.05) is 5.32 Å².